The number of hydrogen-bond donors (Lipinski definition) is 0. The first kappa shape index (κ1) is 31.6. The van der Waals surface area contributed by atoms with Crippen molar-refractivity contribution in [1.29, 1.82) is 0 Å². The maximum atomic E-state index is 6.27. The van der Waals surface area contributed by atoms with E-state index < -0.39 is 0 Å². The Balaban J connectivity index is 1.07. The Hall–Kier alpha value is -7.16. The van der Waals surface area contributed by atoms with Gasteiger partial charge in [-0.25, -0.2) is 0 Å². The molecule has 2 nitrogen and oxygen atoms in total. The lowest BCUT2D eigenvalue weighted by Crippen LogP contribution is -2.10. The second-order valence-corrected chi connectivity index (χ2v) is 13.8. The fourth-order valence-electron chi connectivity index (χ4n) is 7.76. The van der Waals surface area contributed by atoms with Gasteiger partial charge in [-0.2, -0.15) is 0 Å². The predicted molar refractivity (Wildman–Crippen MR) is 228 cm³/mol. The highest BCUT2D eigenvalue weighted by atomic mass is 16.3. The summed E-state index contributed by atoms with van der Waals surface area (Å²) in [6.45, 7) is 0. The molecule has 1 heterocycles. The van der Waals surface area contributed by atoms with E-state index in [9.17, 15) is 0 Å². The molecule has 0 saturated heterocycles. The molecule has 0 amide bonds. The van der Waals surface area contributed by atoms with Crippen LogP contribution in [0.25, 0.3) is 77.2 Å². The van der Waals surface area contributed by atoms with Crippen LogP contribution in [-0.4, -0.2) is 0 Å². The van der Waals surface area contributed by atoms with Gasteiger partial charge in [-0.15, -0.1) is 0 Å². The van der Waals surface area contributed by atoms with E-state index in [0.717, 1.165) is 50.1 Å². The van der Waals surface area contributed by atoms with Crippen molar-refractivity contribution < 1.29 is 4.42 Å². The first-order valence-electron chi connectivity index (χ1n) is 18.4. The molecule has 2 heteroatoms. The van der Waals surface area contributed by atoms with Crippen molar-refractivity contribution in [3.05, 3.63) is 212 Å². The van der Waals surface area contributed by atoms with E-state index >= 15 is 0 Å². The molecule has 254 valence electrons. The predicted octanol–water partition coefficient (Wildman–Crippen LogP) is 14.9. The van der Waals surface area contributed by atoms with Gasteiger partial charge in [0.05, 0.1) is 0 Å². The van der Waals surface area contributed by atoms with Gasteiger partial charge in [-0.3, -0.25) is 0 Å². The van der Waals surface area contributed by atoms with Crippen molar-refractivity contribution >= 4 is 49.8 Å². The number of rotatable bonds is 7. The number of fused-ring (bicyclic) bond motifs is 4. The molecular weight excluding hydrogens is 655 g/mol. The lowest BCUT2D eigenvalue weighted by Gasteiger charge is -2.26. The second-order valence-electron chi connectivity index (χ2n) is 13.8. The van der Waals surface area contributed by atoms with Gasteiger partial charge in [-0.05, 0) is 116 Å². The first-order chi connectivity index (χ1) is 26.7. The van der Waals surface area contributed by atoms with E-state index in [4.69, 9.17) is 4.42 Å². The number of nitrogens with zero attached hydrogens (tertiary/aromatic N) is 1. The van der Waals surface area contributed by atoms with Crippen molar-refractivity contribution in [3.8, 4) is 44.5 Å². The largest absolute Gasteiger partial charge is 0.456 e. The van der Waals surface area contributed by atoms with Crippen LogP contribution in [0, 0.1) is 0 Å². The quantitative estimate of drug-likeness (QED) is 0.166. The fourth-order valence-corrected chi connectivity index (χ4v) is 7.76. The molecule has 0 bridgehead atoms. The molecule has 0 saturated carbocycles. The molecule has 54 heavy (non-hydrogen) atoms. The maximum absolute atomic E-state index is 6.27. The molecule has 1 aromatic heterocycles. The van der Waals surface area contributed by atoms with E-state index in [0.29, 0.717) is 0 Å². The topological polar surface area (TPSA) is 16.4 Å². The second kappa shape index (κ2) is 13.4. The molecule has 0 unspecified atom stereocenters. The Morgan fingerprint density at radius 3 is 1.59 bits per heavy atom. The van der Waals surface area contributed by atoms with Crippen molar-refractivity contribution in [2.24, 2.45) is 0 Å². The summed E-state index contributed by atoms with van der Waals surface area (Å²) < 4.78 is 6.27. The lowest BCUT2D eigenvalue weighted by molar-refractivity contribution is 0.669. The van der Waals surface area contributed by atoms with Gasteiger partial charge in [0.15, 0.2) is 0 Å². The van der Waals surface area contributed by atoms with E-state index in [1.165, 1.54) is 44.2 Å². The van der Waals surface area contributed by atoms with Crippen LogP contribution in [0.3, 0.4) is 0 Å². The summed E-state index contributed by atoms with van der Waals surface area (Å²) in [5.41, 5.74) is 14.5. The van der Waals surface area contributed by atoms with Gasteiger partial charge in [0, 0.05) is 27.8 Å². The first-order valence-corrected chi connectivity index (χ1v) is 18.4. The number of para-hydroxylation sites is 1. The Morgan fingerprint density at radius 1 is 0.296 bits per heavy atom. The fraction of sp³-hybridized carbons (Fsp3) is 0. The Bertz CT molecular complexity index is 2920. The van der Waals surface area contributed by atoms with Crippen molar-refractivity contribution in [1.82, 2.24) is 0 Å². The molecule has 0 spiro atoms. The Morgan fingerprint density at radius 2 is 0.833 bits per heavy atom. The summed E-state index contributed by atoms with van der Waals surface area (Å²) in [7, 11) is 0. The van der Waals surface area contributed by atoms with E-state index in [1.807, 2.05) is 12.1 Å². The van der Waals surface area contributed by atoms with E-state index in [-0.39, 0.29) is 0 Å². The van der Waals surface area contributed by atoms with Crippen molar-refractivity contribution in [2.45, 2.75) is 0 Å². The maximum Gasteiger partial charge on any atom is 0.136 e. The average Bonchev–Trinajstić information content (AvgIpc) is 3.64. The van der Waals surface area contributed by atoms with Gasteiger partial charge in [0.2, 0.25) is 0 Å². The zero-order valence-corrected chi connectivity index (χ0v) is 29.6. The van der Waals surface area contributed by atoms with Gasteiger partial charge >= 0.3 is 0 Å². The zero-order chi connectivity index (χ0) is 35.8. The third-order valence-corrected chi connectivity index (χ3v) is 10.5. The van der Waals surface area contributed by atoms with Crippen LogP contribution in [0.4, 0.5) is 17.1 Å². The molecule has 0 aliphatic rings. The van der Waals surface area contributed by atoms with Crippen LogP contribution in [0.5, 0.6) is 0 Å². The summed E-state index contributed by atoms with van der Waals surface area (Å²) in [5.74, 6) is 0. The minimum Gasteiger partial charge on any atom is -0.456 e. The van der Waals surface area contributed by atoms with Crippen molar-refractivity contribution in [2.75, 3.05) is 4.90 Å². The number of hydrogen-bond acceptors (Lipinski definition) is 2. The van der Waals surface area contributed by atoms with Gasteiger partial charge in [-0.1, -0.05) is 152 Å². The zero-order valence-electron chi connectivity index (χ0n) is 29.6. The summed E-state index contributed by atoms with van der Waals surface area (Å²) in [4.78, 5) is 2.35. The highest BCUT2D eigenvalue weighted by molar-refractivity contribution is 6.12. The molecule has 0 aliphatic carbocycles. The SMILES string of the molecule is c1ccc(-c2cccc(-c3ccc(N(c4ccc(-c5ccc6ccccc6c5)cc4)c4cccc(-c5cccc6oc7ccccc7c56)c4)cc3)c2)cc1. The average molecular weight is 690 g/mol. The minimum absolute atomic E-state index is 0.896. The van der Waals surface area contributed by atoms with Crippen LogP contribution in [0.2, 0.25) is 0 Å². The highest BCUT2D eigenvalue weighted by Gasteiger charge is 2.17. The lowest BCUT2D eigenvalue weighted by atomic mass is 9.98. The minimum atomic E-state index is 0.896. The summed E-state index contributed by atoms with van der Waals surface area (Å²) in [6, 6.07) is 75.9. The molecule has 0 radical (unpaired) electrons. The van der Waals surface area contributed by atoms with E-state index in [1.54, 1.807) is 0 Å². The molecule has 10 aromatic rings. The molecular formula is C52H35NO. The standard InChI is InChI=1S/C52H35NO/c1-2-11-36(12-3-1)41-15-8-16-42(33-41)38-25-29-45(30-26-38)53(46-31-27-39(28-32-46)43-24-23-37-13-4-5-14-40(37)34-43)47-18-9-17-44(35-47)48-20-10-22-51-52(48)49-19-6-7-21-50(49)54-51/h1-35H. The molecule has 9 aromatic carbocycles. The van der Waals surface area contributed by atoms with E-state index in [2.05, 4.69) is 205 Å². The highest BCUT2D eigenvalue weighted by Crippen LogP contribution is 2.41. The van der Waals surface area contributed by atoms with Gasteiger partial charge in [0.25, 0.3) is 0 Å². The molecule has 0 fully saturated rings. The summed E-state index contributed by atoms with van der Waals surface area (Å²) in [6.07, 6.45) is 0. The summed E-state index contributed by atoms with van der Waals surface area (Å²) in [5, 5.41) is 4.76. The number of furan rings is 1. The number of anilines is 3. The molecule has 0 aliphatic heterocycles. The third kappa shape index (κ3) is 5.81. The monoisotopic (exact) mass is 689 g/mol. The summed E-state index contributed by atoms with van der Waals surface area (Å²) >= 11 is 0. The van der Waals surface area contributed by atoms with Crippen LogP contribution >= 0.6 is 0 Å². The van der Waals surface area contributed by atoms with Crippen LogP contribution in [0.1, 0.15) is 0 Å². The normalized spacial score (nSPS) is 11.3. The van der Waals surface area contributed by atoms with Crippen LogP contribution < -0.4 is 4.90 Å². The third-order valence-electron chi connectivity index (χ3n) is 10.5. The molecule has 0 atom stereocenters. The Kier molecular flexibility index (Phi) is 7.85. The molecule has 0 N–H and O–H groups in total. The van der Waals surface area contributed by atoms with Crippen LogP contribution in [-0.2, 0) is 0 Å². The Labute approximate surface area is 314 Å². The molecule has 10 rings (SSSR count). The smallest absolute Gasteiger partial charge is 0.136 e. The van der Waals surface area contributed by atoms with Gasteiger partial charge < -0.3 is 9.32 Å². The number of benzene rings is 9. The van der Waals surface area contributed by atoms with Gasteiger partial charge in [0.1, 0.15) is 11.2 Å². The van der Waals surface area contributed by atoms with Crippen LogP contribution in [0.15, 0.2) is 217 Å². The van der Waals surface area contributed by atoms with Crippen molar-refractivity contribution in [3.63, 3.8) is 0 Å².